The van der Waals surface area contributed by atoms with Gasteiger partial charge in [0.05, 0.1) is 22.3 Å². The van der Waals surface area contributed by atoms with Crippen molar-refractivity contribution >= 4 is 40.6 Å². The molecular formula is C21H20N2O3S. The molecule has 1 heterocycles. The van der Waals surface area contributed by atoms with Crippen LogP contribution in [0.4, 0.5) is 5.69 Å². The molecule has 1 aliphatic rings. The quantitative estimate of drug-likeness (QED) is 0.579. The molecule has 6 heteroatoms. The van der Waals surface area contributed by atoms with Crippen molar-refractivity contribution in [3.05, 3.63) is 70.6 Å². The largest absolute Gasteiger partial charge is 0.459 e. The van der Waals surface area contributed by atoms with Gasteiger partial charge in [-0.1, -0.05) is 36.4 Å². The van der Waals surface area contributed by atoms with Crippen LogP contribution in [0.3, 0.4) is 0 Å². The van der Waals surface area contributed by atoms with Crippen molar-refractivity contribution in [2.45, 2.75) is 20.0 Å². The first kappa shape index (κ1) is 18.9. The van der Waals surface area contributed by atoms with E-state index in [1.54, 1.807) is 45.2 Å². The van der Waals surface area contributed by atoms with E-state index in [0.29, 0.717) is 21.3 Å². The maximum Gasteiger partial charge on any atom is 0.338 e. The Bertz CT molecular complexity index is 920. The van der Waals surface area contributed by atoms with Gasteiger partial charge in [0.25, 0.3) is 5.91 Å². The Kier molecular flexibility index (Phi) is 5.76. The molecule has 138 valence electrons. The van der Waals surface area contributed by atoms with Gasteiger partial charge in [-0.25, -0.2) is 9.79 Å². The number of hydrogen-bond donors (Lipinski definition) is 0. The van der Waals surface area contributed by atoms with Gasteiger partial charge >= 0.3 is 5.97 Å². The normalized spacial score (nSPS) is 17.2. The molecule has 1 fully saturated rings. The summed E-state index contributed by atoms with van der Waals surface area (Å²) in [5.41, 5.74) is 1.99. The van der Waals surface area contributed by atoms with E-state index in [-0.39, 0.29) is 18.0 Å². The minimum Gasteiger partial charge on any atom is -0.459 e. The highest BCUT2D eigenvalue weighted by molar-refractivity contribution is 8.18. The average molecular weight is 380 g/mol. The summed E-state index contributed by atoms with van der Waals surface area (Å²) >= 11 is 1.31. The van der Waals surface area contributed by atoms with Crippen molar-refractivity contribution in [2.75, 3.05) is 7.05 Å². The molecule has 0 atom stereocenters. The molecule has 0 bridgehead atoms. The molecule has 0 spiro atoms. The minimum absolute atomic E-state index is 0.0991. The molecule has 0 N–H and O–H groups in total. The number of amidine groups is 1. The summed E-state index contributed by atoms with van der Waals surface area (Å²) in [6.45, 7) is 3.61. The fourth-order valence-corrected chi connectivity index (χ4v) is 3.43. The average Bonchev–Trinajstić information content (AvgIpc) is 2.90. The first-order chi connectivity index (χ1) is 12.9. The molecule has 27 heavy (non-hydrogen) atoms. The minimum atomic E-state index is -0.389. The lowest BCUT2D eigenvalue weighted by molar-refractivity contribution is -0.121. The molecular weight excluding hydrogens is 360 g/mol. The molecule has 5 nitrogen and oxygen atoms in total. The molecule has 0 aliphatic carbocycles. The van der Waals surface area contributed by atoms with E-state index >= 15 is 0 Å². The molecule has 0 unspecified atom stereocenters. The second-order valence-corrected chi connectivity index (χ2v) is 7.29. The number of nitrogens with zero attached hydrogens (tertiary/aromatic N) is 2. The zero-order chi connectivity index (χ0) is 19.4. The molecule has 0 saturated carbocycles. The second kappa shape index (κ2) is 8.22. The van der Waals surface area contributed by atoms with Gasteiger partial charge in [-0.2, -0.15) is 0 Å². The summed E-state index contributed by atoms with van der Waals surface area (Å²) < 4.78 is 5.22. The Labute approximate surface area is 162 Å². The highest BCUT2D eigenvalue weighted by Gasteiger charge is 2.30. The van der Waals surface area contributed by atoms with Crippen molar-refractivity contribution in [1.29, 1.82) is 0 Å². The van der Waals surface area contributed by atoms with E-state index in [1.165, 1.54) is 16.7 Å². The lowest BCUT2D eigenvalue weighted by atomic mass is 10.2. The van der Waals surface area contributed by atoms with Crippen molar-refractivity contribution < 1.29 is 14.3 Å². The first-order valence-electron chi connectivity index (χ1n) is 8.56. The predicted octanol–water partition coefficient (Wildman–Crippen LogP) is 4.49. The molecule has 1 saturated heterocycles. The third-order valence-corrected chi connectivity index (χ3v) is 4.81. The van der Waals surface area contributed by atoms with E-state index in [4.69, 9.17) is 4.74 Å². The Hall–Kier alpha value is -2.86. The SMILES string of the molecule is CC(C)OC(=O)c1cccc(N=C2S/C(=C/c3ccccc3)C(=O)N2C)c1. The van der Waals surface area contributed by atoms with E-state index in [2.05, 4.69) is 4.99 Å². The number of amides is 1. The summed E-state index contributed by atoms with van der Waals surface area (Å²) in [6, 6.07) is 16.6. The van der Waals surface area contributed by atoms with Crippen LogP contribution in [0.2, 0.25) is 0 Å². The predicted molar refractivity (Wildman–Crippen MR) is 109 cm³/mol. The third kappa shape index (κ3) is 4.65. The number of carbonyl (C=O) groups is 2. The summed E-state index contributed by atoms with van der Waals surface area (Å²) in [4.78, 5) is 31.2. The lowest BCUT2D eigenvalue weighted by Gasteiger charge is -2.09. The van der Waals surface area contributed by atoms with Gasteiger partial charge in [0, 0.05) is 7.05 Å². The lowest BCUT2D eigenvalue weighted by Crippen LogP contribution is -2.23. The molecule has 1 amide bonds. The standard InChI is InChI=1S/C21H20N2O3S/c1-14(2)26-20(25)16-10-7-11-17(13-16)22-21-23(3)19(24)18(27-21)12-15-8-5-4-6-9-15/h4-14H,1-3H3/b18-12+,22-21?. The fraction of sp³-hybridized carbons (Fsp3) is 0.190. The fourth-order valence-electron chi connectivity index (χ4n) is 2.45. The molecule has 3 rings (SSSR count). The van der Waals surface area contributed by atoms with E-state index in [0.717, 1.165) is 5.56 Å². The second-order valence-electron chi connectivity index (χ2n) is 6.28. The Balaban J connectivity index is 1.84. The van der Waals surface area contributed by atoms with Crippen LogP contribution in [-0.2, 0) is 9.53 Å². The van der Waals surface area contributed by atoms with Crippen molar-refractivity contribution in [1.82, 2.24) is 4.90 Å². The molecule has 2 aromatic carbocycles. The third-order valence-electron chi connectivity index (χ3n) is 3.75. The van der Waals surface area contributed by atoms with E-state index in [9.17, 15) is 9.59 Å². The molecule has 0 aromatic heterocycles. The monoisotopic (exact) mass is 380 g/mol. The zero-order valence-corrected chi connectivity index (χ0v) is 16.2. The van der Waals surface area contributed by atoms with Crippen LogP contribution in [0, 0.1) is 0 Å². The Morgan fingerprint density at radius 2 is 1.89 bits per heavy atom. The smallest absolute Gasteiger partial charge is 0.338 e. The number of rotatable bonds is 4. The van der Waals surface area contributed by atoms with Gasteiger partial charge < -0.3 is 4.74 Å². The summed E-state index contributed by atoms with van der Waals surface area (Å²) in [5, 5.41) is 0.566. The van der Waals surface area contributed by atoms with Gasteiger partial charge in [-0.05, 0) is 55.4 Å². The van der Waals surface area contributed by atoms with Crippen molar-refractivity contribution in [3.8, 4) is 0 Å². The number of thioether (sulfide) groups is 1. The summed E-state index contributed by atoms with van der Waals surface area (Å²) in [6.07, 6.45) is 1.66. The van der Waals surface area contributed by atoms with Gasteiger partial charge in [-0.3, -0.25) is 9.69 Å². The van der Waals surface area contributed by atoms with Crippen LogP contribution in [0.25, 0.3) is 6.08 Å². The number of benzene rings is 2. The van der Waals surface area contributed by atoms with Gasteiger partial charge in [0.1, 0.15) is 0 Å². The van der Waals surface area contributed by atoms with E-state index in [1.807, 2.05) is 36.4 Å². The van der Waals surface area contributed by atoms with E-state index < -0.39 is 0 Å². The van der Waals surface area contributed by atoms with Crippen LogP contribution in [0.5, 0.6) is 0 Å². The number of hydrogen-bond acceptors (Lipinski definition) is 5. The maximum atomic E-state index is 12.5. The summed E-state index contributed by atoms with van der Waals surface area (Å²) in [7, 11) is 1.69. The Morgan fingerprint density at radius 1 is 1.15 bits per heavy atom. The van der Waals surface area contributed by atoms with Gasteiger partial charge in [0.2, 0.25) is 0 Å². The maximum absolute atomic E-state index is 12.5. The van der Waals surface area contributed by atoms with Crippen molar-refractivity contribution in [3.63, 3.8) is 0 Å². The zero-order valence-electron chi connectivity index (χ0n) is 15.4. The topological polar surface area (TPSA) is 59.0 Å². The number of esters is 1. The van der Waals surface area contributed by atoms with Gasteiger partial charge in [0.15, 0.2) is 5.17 Å². The van der Waals surface area contributed by atoms with Crippen LogP contribution >= 0.6 is 11.8 Å². The van der Waals surface area contributed by atoms with Crippen LogP contribution in [0.1, 0.15) is 29.8 Å². The number of carbonyl (C=O) groups excluding carboxylic acids is 2. The molecule has 1 aliphatic heterocycles. The van der Waals surface area contributed by atoms with Gasteiger partial charge in [-0.15, -0.1) is 0 Å². The molecule has 0 radical (unpaired) electrons. The highest BCUT2D eigenvalue weighted by Crippen LogP contribution is 2.33. The van der Waals surface area contributed by atoms with Crippen LogP contribution in [-0.4, -0.2) is 35.1 Å². The number of ether oxygens (including phenoxy) is 1. The number of aliphatic imine (C=N–C) groups is 1. The highest BCUT2D eigenvalue weighted by atomic mass is 32.2. The molecule has 2 aromatic rings. The first-order valence-corrected chi connectivity index (χ1v) is 9.38. The van der Waals surface area contributed by atoms with Crippen LogP contribution < -0.4 is 0 Å². The van der Waals surface area contributed by atoms with Crippen molar-refractivity contribution in [2.24, 2.45) is 4.99 Å². The number of likely N-dealkylation sites (N-methyl/N-ethyl adjacent to an activating group) is 1. The Morgan fingerprint density at radius 3 is 2.59 bits per heavy atom. The van der Waals surface area contributed by atoms with Crippen LogP contribution in [0.15, 0.2) is 64.5 Å². The summed E-state index contributed by atoms with van der Waals surface area (Å²) in [5.74, 6) is -0.488.